The Labute approximate surface area is 163 Å². The van der Waals surface area contributed by atoms with E-state index in [2.05, 4.69) is 10.3 Å². The molecular weight excluding hydrogens is 369 g/mol. The van der Waals surface area contributed by atoms with E-state index in [1.807, 2.05) is 6.07 Å². The topological polar surface area (TPSA) is 65.2 Å². The molecule has 2 aliphatic rings. The van der Waals surface area contributed by atoms with Crippen LogP contribution in [0.5, 0.6) is 0 Å². The molecular formula is C20H23ClFN3O2. The van der Waals surface area contributed by atoms with E-state index in [1.54, 1.807) is 17.0 Å². The lowest BCUT2D eigenvalue weighted by Gasteiger charge is -2.36. The number of carbonyl (C=O) groups is 1. The van der Waals surface area contributed by atoms with Gasteiger partial charge in [-0.25, -0.2) is 4.39 Å². The molecule has 4 rings (SSSR count). The van der Waals surface area contributed by atoms with Crippen molar-refractivity contribution in [2.24, 2.45) is 0 Å². The summed E-state index contributed by atoms with van der Waals surface area (Å²) in [5.41, 5.74) is 2.62. The molecule has 7 heteroatoms. The summed E-state index contributed by atoms with van der Waals surface area (Å²) in [7, 11) is 0. The number of aromatic amines is 1. The first kappa shape index (κ1) is 19.6. The highest BCUT2D eigenvalue weighted by Crippen LogP contribution is 2.25. The van der Waals surface area contributed by atoms with Gasteiger partial charge in [0.1, 0.15) is 11.4 Å². The Kier molecular flexibility index (Phi) is 5.97. The zero-order valence-electron chi connectivity index (χ0n) is 15.0. The Morgan fingerprint density at radius 3 is 2.81 bits per heavy atom. The fourth-order valence-corrected chi connectivity index (χ4v) is 3.95. The molecule has 2 N–H and O–H groups in total. The number of piperazine rings is 1. The predicted molar refractivity (Wildman–Crippen MR) is 104 cm³/mol. The number of halogens is 2. The predicted octanol–water partition coefficient (Wildman–Crippen LogP) is 2.60. The standard InChI is InChI=1S/C20H22FN3O2.ClH/c21-15-6-3-5-14(10-15)18-12-22-8-9-24(18)20(26)16-11-13-4-1-2-7-17(13)23-19(16)25;/h3,5-6,10-11,18,22H,1-2,4,7-9,12H2,(H,23,25);1H. The summed E-state index contributed by atoms with van der Waals surface area (Å²) in [6.45, 7) is 1.68. The van der Waals surface area contributed by atoms with Crippen LogP contribution < -0.4 is 10.9 Å². The Morgan fingerprint density at radius 1 is 1.19 bits per heavy atom. The van der Waals surface area contributed by atoms with Crippen LogP contribution >= 0.6 is 12.4 Å². The second-order valence-corrected chi connectivity index (χ2v) is 7.00. The molecule has 1 aliphatic carbocycles. The van der Waals surface area contributed by atoms with Crippen LogP contribution in [0.2, 0.25) is 0 Å². The minimum absolute atomic E-state index is 0. The van der Waals surface area contributed by atoms with Gasteiger partial charge in [-0.05, 0) is 55.0 Å². The molecule has 27 heavy (non-hydrogen) atoms. The summed E-state index contributed by atoms with van der Waals surface area (Å²) in [5.74, 6) is -0.609. The summed E-state index contributed by atoms with van der Waals surface area (Å²) in [4.78, 5) is 30.2. The molecule has 1 aromatic heterocycles. The van der Waals surface area contributed by atoms with Gasteiger partial charge in [-0.15, -0.1) is 12.4 Å². The molecule has 5 nitrogen and oxygen atoms in total. The molecule has 1 amide bonds. The van der Waals surface area contributed by atoms with Gasteiger partial charge in [0.25, 0.3) is 11.5 Å². The van der Waals surface area contributed by atoms with Gasteiger partial charge in [0, 0.05) is 25.3 Å². The van der Waals surface area contributed by atoms with Crippen molar-refractivity contribution < 1.29 is 9.18 Å². The monoisotopic (exact) mass is 391 g/mol. The maximum Gasteiger partial charge on any atom is 0.261 e. The first-order valence-corrected chi connectivity index (χ1v) is 9.16. The van der Waals surface area contributed by atoms with E-state index >= 15 is 0 Å². The van der Waals surface area contributed by atoms with Crippen LogP contribution in [0.3, 0.4) is 0 Å². The van der Waals surface area contributed by atoms with Crippen molar-refractivity contribution in [1.29, 1.82) is 0 Å². The number of pyridine rings is 1. The molecule has 2 heterocycles. The lowest BCUT2D eigenvalue weighted by atomic mass is 9.94. The van der Waals surface area contributed by atoms with Gasteiger partial charge in [-0.3, -0.25) is 9.59 Å². The largest absolute Gasteiger partial charge is 0.329 e. The average molecular weight is 392 g/mol. The van der Waals surface area contributed by atoms with Gasteiger partial charge in [0.15, 0.2) is 0 Å². The number of aryl methyl sites for hydroxylation is 2. The highest BCUT2D eigenvalue weighted by atomic mass is 35.5. The van der Waals surface area contributed by atoms with Crippen molar-refractivity contribution in [3.05, 3.63) is 68.9 Å². The molecule has 1 fully saturated rings. The van der Waals surface area contributed by atoms with Crippen molar-refractivity contribution in [1.82, 2.24) is 15.2 Å². The summed E-state index contributed by atoms with van der Waals surface area (Å²) in [6, 6.07) is 7.78. The lowest BCUT2D eigenvalue weighted by Crippen LogP contribution is -2.49. The number of amides is 1. The molecule has 1 aliphatic heterocycles. The molecule has 0 radical (unpaired) electrons. The third kappa shape index (κ3) is 3.92. The Bertz CT molecular complexity index is 899. The van der Waals surface area contributed by atoms with Crippen LogP contribution in [0.1, 0.15) is 46.1 Å². The summed E-state index contributed by atoms with van der Waals surface area (Å²) < 4.78 is 13.6. The number of hydrogen-bond acceptors (Lipinski definition) is 3. The van der Waals surface area contributed by atoms with E-state index in [1.165, 1.54) is 12.1 Å². The number of hydrogen-bond donors (Lipinski definition) is 2. The minimum Gasteiger partial charge on any atom is -0.329 e. The van der Waals surface area contributed by atoms with E-state index in [0.717, 1.165) is 42.5 Å². The van der Waals surface area contributed by atoms with Gasteiger partial charge in [-0.1, -0.05) is 12.1 Å². The van der Waals surface area contributed by atoms with Crippen molar-refractivity contribution in [2.75, 3.05) is 19.6 Å². The van der Waals surface area contributed by atoms with Crippen LogP contribution in [-0.2, 0) is 12.8 Å². The second-order valence-electron chi connectivity index (χ2n) is 7.00. The van der Waals surface area contributed by atoms with Gasteiger partial charge in [0.2, 0.25) is 0 Å². The molecule has 0 saturated carbocycles. The number of nitrogens with zero attached hydrogens (tertiary/aromatic N) is 1. The number of aromatic nitrogens is 1. The maximum absolute atomic E-state index is 13.6. The van der Waals surface area contributed by atoms with Crippen molar-refractivity contribution in [2.45, 2.75) is 31.7 Å². The smallest absolute Gasteiger partial charge is 0.261 e. The van der Waals surface area contributed by atoms with Crippen molar-refractivity contribution in [3.63, 3.8) is 0 Å². The van der Waals surface area contributed by atoms with Gasteiger partial charge in [-0.2, -0.15) is 0 Å². The number of benzene rings is 1. The molecule has 1 atom stereocenters. The average Bonchev–Trinajstić information content (AvgIpc) is 2.67. The van der Waals surface area contributed by atoms with Crippen LogP contribution in [0, 0.1) is 5.82 Å². The van der Waals surface area contributed by atoms with Crippen LogP contribution in [-0.4, -0.2) is 35.4 Å². The zero-order chi connectivity index (χ0) is 18.1. The Balaban J connectivity index is 0.00000210. The summed E-state index contributed by atoms with van der Waals surface area (Å²) >= 11 is 0. The van der Waals surface area contributed by atoms with E-state index in [9.17, 15) is 14.0 Å². The lowest BCUT2D eigenvalue weighted by molar-refractivity contribution is 0.0632. The zero-order valence-corrected chi connectivity index (χ0v) is 15.8. The fraction of sp³-hybridized carbons (Fsp3) is 0.400. The highest BCUT2D eigenvalue weighted by Gasteiger charge is 2.30. The number of nitrogens with one attached hydrogen (secondary N) is 2. The SMILES string of the molecule is Cl.O=C(c1cc2c([nH]c1=O)CCCC2)N1CCNCC1c1cccc(F)c1. The Hall–Kier alpha value is -2.18. The van der Waals surface area contributed by atoms with Gasteiger partial charge >= 0.3 is 0 Å². The van der Waals surface area contributed by atoms with Gasteiger partial charge < -0.3 is 15.2 Å². The molecule has 1 saturated heterocycles. The number of rotatable bonds is 2. The van der Waals surface area contributed by atoms with E-state index in [-0.39, 0.29) is 41.3 Å². The molecule has 1 aromatic carbocycles. The number of H-pyrrole nitrogens is 1. The van der Waals surface area contributed by atoms with Crippen LogP contribution in [0.25, 0.3) is 0 Å². The van der Waals surface area contributed by atoms with Gasteiger partial charge in [0.05, 0.1) is 6.04 Å². The highest BCUT2D eigenvalue weighted by molar-refractivity contribution is 5.94. The Morgan fingerprint density at radius 2 is 2.00 bits per heavy atom. The first-order valence-electron chi connectivity index (χ1n) is 9.16. The van der Waals surface area contributed by atoms with Crippen LogP contribution in [0.15, 0.2) is 35.1 Å². The second kappa shape index (κ2) is 8.23. The number of carbonyl (C=O) groups excluding carboxylic acids is 1. The molecule has 2 aromatic rings. The molecule has 0 spiro atoms. The fourth-order valence-electron chi connectivity index (χ4n) is 3.95. The maximum atomic E-state index is 13.6. The molecule has 144 valence electrons. The minimum atomic E-state index is -0.327. The van der Waals surface area contributed by atoms with E-state index in [4.69, 9.17) is 0 Å². The normalized spacial score (nSPS) is 19.1. The first-order chi connectivity index (χ1) is 12.6. The quantitative estimate of drug-likeness (QED) is 0.827. The third-order valence-electron chi connectivity index (χ3n) is 5.31. The van der Waals surface area contributed by atoms with Crippen molar-refractivity contribution >= 4 is 18.3 Å². The molecule has 0 bridgehead atoms. The van der Waals surface area contributed by atoms with Crippen LogP contribution in [0.4, 0.5) is 4.39 Å². The summed E-state index contributed by atoms with van der Waals surface area (Å²) in [6.07, 6.45) is 3.89. The van der Waals surface area contributed by atoms with E-state index in [0.29, 0.717) is 19.6 Å². The summed E-state index contributed by atoms with van der Waals surface area (Å²) in [5, 5.41) is 3.25. The van der Waals surface area contributed by atoms with Crippen molar-refractivity contribution in [3.8, 4) is 0 Å². The van der Waals surface area contributed by atoms with E-state index < -0.39 is 0 Å². The molecule has 1 unspecified atom stereocenters. The number of fused-ring (bicyclic) bond motifs is 1. The third-order valence-corrected chi connectivity index (χ3v) is 5.31.